The second-order valence-electron chi connectivity index (χ2n) is 4.64. The normalized spacial score (nSPS) is 11.1. The Morgan fingerprint density at radius 3 is 2.84 bits per heavy atom. The molecule has 0 saturated heterocycles. The van der Waals surface area contributed by atoms with E-state index in [1.807, 2.05) is 12.1 Å². The molecule has 0 amide bonds. The molecule has 104 valence electrons. The minimum atomic E-state index is 0.867. The van der Waals surface area contributed by atoms with Crippen LogP contribution in [0.4, 0.5) is 0 Å². The Kier molecular flexibility index (Phi) is 4.80. The third-order valence-corrected chi connectivity index (χ3v) is 3.26. The van der Waals surface area contributed by atoms with Gasteiger partial charge in [-0.15, -0.1) is 0 Å². The van der Waals surface area contributed by atoms with Gasteiger partial charge < -0.3 is 14.6 Å². The average Bonchev–Trinajstić information content (AvgIpc) is 2.77. The van der Waals surface area contributed by atoms with Crippen LogP contribution in [0, 0.1) is 0 Å². The maximum Gasteiger partial charge on any atom is 0.121 e. The molecule has 0 spiro atoms. The minimum absolute atomic E-state index is 0.867. The predicted molar refractivity (Wildman–Crippen MR) is 78.8 cm³/mol. The molecule has 4 nitrogen and oxygen atoms in total. The van der Waals surface area contributed by atoms with E-state index in [4.69, 9.17) is 9.72 Å². The number of methoxy groups -OCH3 is 1. The van der Waals surface area contributed by atoms with Crippen molar-refractivity contribution in [3.63, 3.8) is 0 Å². The summed E-state index contributed by atoms with van der Waals surface area (Å²) in [5.41, 5.74) is 2.23. The molecule has 4 heteroatoms. The van der Waals surface area contributed by atoms with Gasteiger partial charge in [-0.05, 0) is 25.1 Å². The van der Waals surface area contributed by atoms with Gasteiger partial charge in [-0.2, -0.15) is 0 Å². The number of rotatable bonds is 7. The summed E-state index contributed by atoms with van der Waals surface area (Å²) < 4.78 is 7.59. The highest BCUT2D eigenvalue weighted by Gasteiger charge is 2.10. The zero-order chi connectivity index (χ0) is 13.7. The lowest BCUT2D eigenvalue weighted by Crippen LogP contribution is -2.18. The Morgan fingerprint density at radius 2 is 2.16 bits per heavy atom. The van der Waals surface area contributed by atoms with Gasteiger partial charge in [-0.3, -0.25) is 0 Å². The fourth-order valence-electron chi connectivity index (χ4n) is 2.33. The Morgan fingerprint density at radius 1 is 1.32 bits per heavy atom. The van der Waals surface area contributed by atoms with Crippen LogP contribution in [0.25, 0.3) is 11.0 Å². The first-order valence-electron chi connectivity index (χ1n) is 7.04. The predicted octanol–water partition coefficient (Wildman–Crippen LogP) is 2.61. The van der Waals surface area contributed by atoms with Crippen molar-refractivity contribution in [3.05, 3.63) is 24.0 Å². The molecule has 1 heterocycles. The van der Waals surface area contributed by atoms with E-state index in [0.29, 0.717) is 0 Å². The van der Waals surface area contributed by atoms with Crippen molar-refractivity contribution in [2.45, 2.75) is 33.2 Å². The smallest absolute Gasteiger partial charge is 0.121 e. The van der Waals surface area contributed by atoms with E-state index in [1.165, 1.54) is 5.52 Å². The molecule has 19 heavy (non-hydrogen) atoms. The van der Waals surface area contributed by atoms with Crippen LogP contribution < -0.4 is 10.1 Å². The van der Waals surface area contributed by atoms with Crippen LogP contribution in [0.1, 0.15) is 26.1 Å². The highest BCUT2D eigenvalue weighted by Crippen LogP contribution is 2.22. The minimum Gasteiger partial charge on any atom is -0.497 e. The van der Waals surface area contributed by atoms with E-state index in [1.54, 1.807) is 7.11 Å². The molecule has 0 aliphatic rings. The maximum atomic E-state index is 5.27. The van der Waals surface area contributed by atoms with Crippen LogP contribution >= 0.6 is 0 Å². The van der Waals surface area contributed by atoms with E-state index in [9.17, 15) is 0 Å². The zero-order valence-corrected chi connectivity index (χ0v) is 12.1. The second-order valence-corrected chi connectivity index (χ2v) is 4.64. The summed E-state index contributed by atoms with van der Waals surface area (Å²) in [6.07, 6.45) is 2.08. The average molecular weight is 261 g/mol. The van der Waals surface area contributed by atoms with Gasteiger partial charge in [0.1, 0.15) is 11.6 Å². The molecule has 0 bridgehead atoms. The number of hydrogen-bond acceptors (Lipinski definition) is 3. The topological polar surface area (TPSA) is 39.1 Å². The zero-order valence-electron chi connectivity index (χ0n) is 12.1. The van der Waals surface area contributed by atoms with Crippen LogP contribution in [-0.4, -0.2) is 29.8 Å². The molecule has 0 atom stereocenters. The SMILES string of the molecule is CCCn1c(CCNCC)nc2cc(OC)ccc21. The second kappa shape index (κ2) is 6.57. The van der Waals surface area contributed by atoms with Crippen molar-refractivity contribution in [2.24, 2.45) is 0 Å². The molecule has 1 N–H and O–H groups in total. The molecule has 0 aliphatic heterocycles. The summed E-state index contributed by atoms with van der Waals surface area (Å²) >= 11 is 0. The summed E-state index contributed by atoms with van der Waals surface area (Å²) in [6.45, 7) is 7.32. The summed E-state index contributed by atoms with van der Waals surface area (Å²) in [5, 5.41) is 3.35. The number of likely N-dealkylation sites (N-methyl/N-ethyl adjacent to an activating group) is 1. The van der Waals surface area contributed by atoms with E-state index in [-0.39, 0.29) is 0 Å². The fourth-order valence-corrected chi connectivity index (χ4v) is 2.33. The Balaban J connectivity index is 2.34. The van der Waals surface area contributed by atoms with Crippen molar-refractivity contribution in [3.8, 4) is 5.75 Å². The molecule has 2 rings (SSSR count). The van der Waals surface area contributed by atoms with Crippen molar-refractivity contribution < 1.29 is 4.74 Å². The Hall–Kier alpha value is -1.55. The lowest BCUT2D eigenvalue weighted by molar-refractivity contribution is 0.415. The number of nitrogens with zero attached hydrogens (tertiary/aromatic N) is 2. The van der Waals surface area contributed by atoms with Gasteiger partial charge in [0.25, 0.3) is 0 Å². The van der Waals surface area contributed by atoms with E-state index >= 15 is 0 Å². The summed E-state index contributed by atoms with van der Waals surface area (Å²) in [5.74, 6) is 2.03. The number of fused-ring (bicyclic) bond motifs is 1. The van der Waals surface area contributed by atoms with Crippen molar-refractivity contribution in [1.82, 2.24) is 14.9 Å². The van der Waals surface area contributed by atoms with Gasteiger partial charge in [0.05, 0.1) is 18.1 Å². The Bertz CT molecular complexity index is 533. The van der Waals surface area contributed by atoms with Crippen molar-refractivity contribution in [2.75, 3.05) is 20.2 Å². The summed E-state index contributed by atoms with van der Waals surface area (Å²) in [4.78, 5) is 4.75. The van der Waals surface area contributed by atoms with Gasteiger partial charge in [-0.1, -0.05) is 13.8 Å². The molecule has 0 saturated carbocycles. The molecule has 0 radical (unpaired) electrons. The summed E-state index contributed by atoms with van der Waals surface area (Å²) in [7, 11) is 1.69. The number of aryl methyl sites for hydroxylation is 1. The van der Waals surface area contributed by atoms with E-state index < -0.39 is 0 Å². The number of benzene rings is 1. The van der Waals surface area contributed by atoms with Crippen LogP contribution in [0.3, 0.4) is 0 Å². The van der Waals surface area contributed by atoms with Gasteiger partial charge in [0, 0.05) is 25.6 Å². The lowest BCUT2D eigenvalue weighted by Gasteiger charge is -2.08. The molecular formula is C15H23N3O. The van der Waals surface area contributed by atoms with Gasteiger partial charge in [0.15, 0.2) is 0 Å². The molecule has 0 aliphatic carbocycles. The standard InChI is InChI=1S/C15H23N3O/c1-4-10-18-14-7-6-12(19-3)11-13(14)17-15(18)8-9-16-5-2/h6-7,11,16H,4-5,8-10H2,1-3H3. The maximum absolute atomic E-state index is 5.27. The van der Waals surface area contributed by atoms with E-state index in [2.05, 4.69) is 29.8 Å². The number of ether oxygens (including phenoxy) is 1. The third kappa shape index (κ3) is 3.07. The van der Waals surface area contributed by atoms with Crippen molar-refractivity contribution in [1.29, 1.82) is 0 Å². The number of nitrogens with one attached hydrogen (secondary N) is 1. The molecular weight excluding hydrogens is 238 g/mol. The molecule has 2 aromatic rings. The van der Waals surface area contributed by atoms with Crippen LogP contribution in [0.5, 0.6) is 5.75 Å². The van der Waals surface area contributed by atoms with Crippen LogP contribution in [0.15, 0.2) is 18.2 Å². The first-order valence-corrected chi connectivity index (χ1v) is 7.04. The van der Waals surface area contributed by atoms with Crippen molar-refractivity contribution >= 4 is 11.0 Å². The first-order chi connectivity index (χ1) is 9.30. The molecule has 0 fully saturated rings. The lowest BCUT2D eigenvalue weighted by atomic mass is 10.3. The highest BCUT2D eigenvalue weighted by molar-refractivity contribution is 5.77. The summed E-state index contributed by atoms with van der Waals surface area (Å²) in [6, 6.07) is 6.12. The largest absolute Gasteiger partial charge is 0.497 e. The first kappa shape index (κ1) is 13.9. The Labute approximate surface area is 114 Å². The molecule has 0 unspecified atom stereocenters. The number of hydrogen-bond donors (Lipinski definition) is 1. The fraction of sp³-hybridized carbons (Fsp3) is 0.533. The van der Waals surface area contributed by atoms with E-state index in [0.717, 1.165) is 49.6 Å². The van der Waals surface area contributed by atoms with Gasteiger partial charge >= 0.3 is 0 Å². The third-order valence-electron chi connectivity index (χ3n) is 3.26. The monoisotopic (exact) mass is 261 g/mol. The van der Waals surface area contributed by atoms with Gasteiger partial charge in [0.2, 0.25) is 0 Å². The molecule has 1 aromatic heterocycles. The number of aromatic nitrogens is 2. The molecule has 1 aromatic carbocycles. The highest BCUT2D eigenvalue weighted by atomic mass is 16.5. The van der Waals surface area contributed by atoms with Gasteiger partial charge in [-0.25, -0.2) is 4.98 Å². The number of imidazole rings is 1. The van der Waals surface area contributed by atoms with Crippen LogP contribution in [0.2, 0.25) is 0 Å². The van der Waals surface area contributed by atoms with Crippen LogP contribution in [-0.2, 0) is 13.0 Å². The quantitative estimate of drug-likeness (QED) is 0.779.